The van der Waals surface area contributed by atoms with E-state index in [1.54, 1.807) is 0 Å². The van der Waals surface area contributed by atoms with Gasteiger partial charge in [0.15, 0.2) is 0 Å². The Bertz CT molecular complexity index is 558. The van der Waals surface area contributed by atoms with Crippen molar-refractivity contribution in [1.29, 1.82) is 0 Å². The Balaban J connectivity index is 2.46. The maximum Gasteiger partial charge on any atom is 0.123 e. The van der Waals surface area contributed by atoms with Crippen LogP contribution in [-0.4, -0.2) is 12.1 Å². The van der Waals surface area contributed by atoms with E-state index in [0.717, 1.165) is 25.0 Å². The fraction of sp³-hybridized carbons (Fsp3) is 0.444. The molecule has 2 aromatic carbocycles. The molecule has 2 heteroatoms. The zero-order valence-corrected chi connectivity index (χ0v) is 12.7. The summed E-state index contributed by atoms with van der Waals surface area (Å²) in [6.07, 6.45) is 3.18. The zero-order valence-electron chi connectivity index (χ0n) is 12.7. The van der Waals surface area contributed by atoms with Gasteiger partial charge in [0.05, 0.1) is 6.10 Å². The van der Waals surface area contributed by atoms with E-state index in [1.807, 2.05) is 6.92 Å². The largest absolute Gasteiger partial charge is 0.490 e. The molecule has 0 amide bonds. The zero-order chi connectivity index (χ0) is 14.5. The van der Waals surface area contributed by atoms with E-state index in [-0.39, 0.29) is 12.1 Å². The quantitative estimate of drug-likeness (QED) is 0.850. The van der Waals surface area contributed by atoms with Crippen LogP contribution in [0.1, 0.15) is 39.2 Å². The summed E-state index contributed by atoms with van der Waals surface area (Å²) in [5, 5.41) is 2.51. The molecule has 0 aliphatic carbocycles. The normalized spacial score (nSPS) is 12.8. The molecular weight excluding hydrogens is 246 g/mol. The molecule has 20 heavy (non-hydrogen) atoms. The summed E-state index contributed by atoms with van der Waals surface area (Å²) in [6.45, 7) is 6.38. The first-order valence-corrected chi connectivity index (χ1v) is 7.58. The number of hydrogen-bond acceptors (Lipinski definition) is 2. The first-order valence-electron chi connectivity index (χ1n) is 7.58. The van der Waals surface area contributed by atoms with Crippen LogP contribution in [-0.2, 0) is 6.42 Å². The predicted octanol–water partition coefficient (Wildman–Crippen LogP) is 4.30. The van der Waals surface area contributed by atoms with Crippen molar-refractivity contribution in [2.24, 2.45) is 5.73 Å². The third-order valence-corrected chi connectivity index (χ3v) is 3.73. The fourth-order valence-electron chi connectivity index (χ4n) is 2.59. The standard InChI is InChI=1S/C18H25NO/c1-4-15(5-2)20-18-11-10-14-8-6-7-9-16(14)17(18)12-13(3)19/h6-11,13,15H,4-5,12,19H2,1-3H3. The minimum atomic E-state index is 0.129. The van der Waals surface area contributed by atoms with Crippen LogP contribution < -0.4 is 10.5 Å². The van der Waals surface area contributed by atoms with Crippen molar-refractivity contribution in [3.8, 4) is 5.75 Å². The Hall–Kier alpha value is -1.54. The highest BCUT2D eigenvalue weighted by molar-refractivity contribution is 5.87. The average Bonchev–Trinajstić information content (AvgIpc) is 2.46. The van der Waals surface area contributed by atoms with Crippen molar-refractivity contribution in [1.82, 2.24) is 0 Å². The Labute approximate surface area is 121 Å². The molecule has 108 valence electrons. The second-order valence-corrected chi connectivity index (χ2v) is 5.50. The van der Waals surface area contributed by atoms with Gasteiger partial charge in [-0.05, 0) is 43.0 Å². The fourth-order valence-corrected chi connectivity index (χ4v) is 2.59. The van der Waals surface area contributed by atoms with Gasteiger partial charge in [0.1, 0.15) is 5.75 Å². The van der Waals surface area contributed by atoms with Crippen LogP contribution >= 0.6 is 0 Å². The minimum absolute atomic E-state index is 0.129. The number of ether oxygens (including phenoxy) is 1. The van der Waals surface area contributed by atoms with Crippen molar-refractivity contribution >= 4 is 10.8 Å². The van der Waals surface area contributed by atoms with Gasteiger partial charge in [-0.25, -0.2) is 0 Å². The van der Waals surface area contributed by atoms with Crippen molar-refractivity contribution < 1.29 is 4.74 Å². The maximum absolute atomic E-state index is 6.20. The second kappa shape index (κ2) is 6.76. The van der Waals surface area contributed by atoms with Gasteiger partial charge in [-0.3, -0.25) is 0 Å². The topological polar surface area (TPSA) is 35.2 Å². The molecule has 2 rings (SSSR count). The first kappa shape index (κ1) is 14.9. The molecule has 0 spiro atoms. The van der Waals surface area contributed by atoms with Crippen LogP contribution in [0.2, 0.25) is 0 Å². The molecule has 2 aromatic rings. The van der Waals surface area contributed by atoms with Gasteiger partial charge >= 0.3 is 0 Å². The molecule has 0 bridgehead atoms. The molecule has 0 radical (unpaired) electrons. The lowest BCUT2D eigenvalue weighted by Gasteiger charge is -2.20. The summed E-state index contributed by atoms with van der Waals surface area (Å²) in [5.74, 6) is 0.995. The van der Waals surface area contributed by atoms with Gasteiger partial charge in [0.2, 0.25) is 0 Å². The minimum Gasteiger partial charge on any atom is -0.490 e. The molecule has 2 N–H and O–H groups in total. The number of nitrogens with two attached hydrogens (primary N) is 1. The van der Waals surface area contributed by atoms with Crippen molar-refractivity contribution in [2.75, 3.05) is 0 Å². The third-order valence-electron chi connectivity index (χ3n) is 3.73. The summed E-state index contributed by atoms with van der Waals surface area (Å²) in [5.41, 5.74) is 7.27. The molecular formula is C18H25NO. The number of rotatable bonds is 6. The van der Waals surface area contributed by atoms with E-state index >= 15 is 0 Å². The Morgan fingerprint density at radius 1 is 1.05 bits per heavy atom. The van der Waals surface area contributed by atoms with Gasteiger partial charge < -0.3 is 10.5 Å². The van der Waals surface area contributed by atoms with Gasteiger partial charge in [-0.15, -0.1) is 0 Å². The Morgan fingerprint density at radius 3 is 2.40 bits per heavy atom. The van der Waals surface area contributed by atoms with E-state index in [2.05, 4.69) is 50.2 Å². The highest BCUT2D eigenvalue weighted by Gasteiger charge is 2.13. The number of hydrogen-bond donors (Lipinski definition) is 1. The maximum atomic E-state index is 6.20. The summed E-state index contributed by atoms with van der Waals surface area (Å²) >= 11 is 0. The summed E-state index contributed by atoms with van der Waals surface area (Å²) in [6, 6.07) is 12.8. The lowest BCUT2D eigenvalue weighted by atomic mass is 9.98. The molecule has 0 heterocycles. The van der Waals surface area contributed by atoms with Gasteiger partial charge in [0, 0.05) is 11.6 Å². The SMILES string of the molecule is CCC(CC)Oc1ccc2ccccc2c1CC(C)N. The molecule has 0 aromatic heterocycles. The van der Waals surface area contributed by atoms with Crippen molar-refractivity contribution in [3.63, 3.8) is 0 Å². The van der Waals surface area contributed by atoms with E-state index < -0.39 is 0 Å². The molecule has 0 saturated heterocycles. The molecule has 2 nitrogen and oxygen atoms in total. The van der Waals surface area contributed by atoms with E-state index in [4.69, 9.17) is 10.5 Å². The second-order valence-electron chi connectivity index (χ2n) is 5.50. The molecule has 0 fully saturated rings. The summed E-state index contributed by atoms with van der Waals surface area (Å²) in [4.78, 5) is 0. The lowest BCUT2D eigenvalue weighted by Crippen LogP contribution is -2.20. The third kappa shape index (κ3) is 3.31. The number of benzene rings is 2. The molecule has 1 unspecified atom stereocenters. The van der Waals surface area contributed by atoms with E-state index in [0.29, 0.717) is 0 Å². The van der Waals surface area contributed by atoms with Crippen molar-refractivity contribution in [2.45, 2.75) is 52.2 Å². The average molecular weight is 271 g/mol. The molecule has 0 aliphatic heterocycles. The van der Waals surface area contributed by atoms with Crippen LogP contribution in [0, 0.1) is 0 Å². The Kier molecular flexibility index (Phi) is 5.02. The van der Waals surface area contributed by atoms with Crippen LogP contribution in [0.4, 0.5) is 0 Å². The van der Waals surface area contributed by atoms with E-state index in [1.165, 1.54) is 16.3 Å². The van der Waals surface area contributed by atoms with Gasteiger partial charge in [0.25, 0.3) is 0 Å². The van der Waals surface area contributed by atoms with E-state index in [9.17, 15) is 0 Å². The van der Waals surface area contributed by atoms with Crippen molar-refractivity contribution in [3.05, 3.63) is 42.0 Å². The van der Waals surface area contributed by atoms with Gasteiger partial charge in [-0.2, -0.15) is 0 Å². The lowest BCUT2D eigenvalue weighted by molar-refractivity contribution is 0.191. The smallest absolute Gasteiger partial charge is 0.123 e. The Morgan fingerprint density at radius 2 is 1.75 bits per heavy atom. The van der Waals surface area contributed by atoms with Crippen LogP contribution in [0.15, 0.2) is 36.4 Å². The molecule has 0 aliphatic rings. The van der Waals surface area contributed by atoms with Crippen LogP contribution in [0.25, 0.3) is 10.8 Å². The highest BCUT2D eigenvalue weighted by atomic mass is 16.5. The van der Waals surface area contributed by atoms with Crippen LogP contribution in [0.5, 0.6) is 5.75 Å². The summed E-state index contributed by atoms with van der Waals surface area (Å²) in [7, 11) is 0. The van der Waals surface area contributed by atoms with Crippen LogP contribution in [0.3, 0.4) is 0 Å². The summed E-state index contributed by atoms with van der Waals surface area (Å²) < 4.78 is 6.20. The highest BCUT2D eigenvalue weighted by Crippen LogP contribution is 2.30. The molecule has 1 atom stereocenters. The first-order chi connectivity index (χ1) is 9.65. The monoisotopic (exact) mass is 271 g/mol. The predicted molar refractivity (Wildman–Crippen MR) is 86.3 cm³/mol. The van der Waals surface area contributed by atoms with Gasteiger partial charge in [-0.1, -0.05) is 44.2 Å². The molecule has 0 saturated carbocycles. The number of fused-ring (bicyclic) bond motifs is 1.